The van der Waals surface area contributed by atoms with Gasteiger partial charge in [0, 0.05) is 0 Å². The Bertz CT molecular complexity index is 1210. The molecule has 1 aliphatic rings. The van der Waals surface area contributed by atoms with Crippen LogP contribution in [0.15, 0.2) is 48.8 Å². The lowest BCUT2D eigenvalue weighted by molar-refractivity contribution is 0.494. The van der Waals surface area contributed by atoms with Crippen LogP contribution in [-0.4, -0.2) is 19.9 Å². The van der Waals surface area contributed by atoms with Crippen molar-refractivity contribution < 1.29 is 0 Å². The van der Waals surface area contributed by atoms with Crippen LogP contribution in [0.5, 0.6) is 0 Å². The van der Waals surface area contributed by atoms with Crippen LogP contribution >= 0.6 is 0 Å². The lowest BCUT2D eigenvalue weighted by Gasteiger charge is -2.21. The smallest absolute Gasteiger partial charge is 0.123 e. The first-order valence-electron chi connectivity index (χ1n) is 12.2. The Kier molecular flexibility index (Phi) is 5.88. The highest BCUT2D eigenvalue weighted by molar-refractivity contribution is 5.79. The molecule has 1 aliphatic carbocycles. The van der Waals surface area contributed by atoms with Gasteiger partial charge in [0.05, 0.1) is 35.9 Å². The second kappa shape index (κ2) is 8.85. The molecule has 2 aromatic heterocycles. The van der Waals surface area contributed by atoms with Crippen molar-refractivity contribution in [2.75, 3.05) is 0 Å². The van der Waals surface area contributed by atoms with Gasteiger partial charge in [0.1, 0.15) is 11.6 Å². The van der Waals surface area contributed by atoms with E-state index >= 15 is 0 Å². The topological polar surface area (TPSA) is 109 Å². The van der Waals surface area contributed by atoms with Crippen molar-refractivity contribution in [3.8, 4) is 33.6 Å². The molecule has 176 valence electrons. The zero-order valence-electron chi connectivity index (χ0n) is 20.4. The molecule has 2 atom stereocenters. The van der Waals surface area contributed by atoms with E-state index in [0.29, 0.717) is 11.8 Å². The Hall–Kier alpha value is -3.22. The number of hydrogen-bond donors (Lipinski definition) is 4. The van der Waals surface area contributed by atoms with Gasteiger partial charge in [0.15, 0.2) is 0 Å². The third kappa shape index (κ3) is 4.08. The average Bonchev–Trinajstić information content (AvgIpc) is 3.52. The van der Waals surface area contributed by atoms with Gasteiger partial charge in [0.25, 0.3) is 0 Å². The number of H-pyrrole nitrogens is 2. The van der Waals surface area contributed by atoms with Crippen LogP contribution in [0.1, 0.15) is 62.6 Å². The average molecular weight is 455 g/mol. The molecular weight excluding hydrogens is 420 g/mol. The minimum Gasteiger partial charge on any atom is -0.341 e. The summed E-state index contributed by atoms with van der Waals surface area (Å²) >= 11 is 0. The molecule has 34 heavy (non-hydrogen) atoms. The van der Waals surface area contributed by atoms with E-state index in [4.69, 9.17) is 11.5 Å². The fourth-order valence-corrected chi connectivity index (χ4v) is 4.67. The van der Waals surface area contributed by atoms with E-state index in [1.807, 2.05) is 12.4 Å². The Morgan fingerprint density at radius 2 is 1.09 bits per heavy atom. The number of aromatic nitrogens is 4. The quantitative estimate of drug-likeness (QED) is 0.306. The van der Waals surface area contributed by atoms with Crippen molar-refractivity contribution in [1.82, 2.24) is 19.9 Å². The number of nitrogens with two attached hydrogens (primary N) is 2. The molecule has 2 unspecified atom stereocenters. The summed E-state index contributed by atoms with van der Waals surface area (Å²) in [5, 5.41) is 0. The van der Waals surface area contributed by atoms with Gasteiger partial charge in [-0.1, -0.05) is 52.0 Å². The molecule has 0 fully saturated rings. The summed E-state index contributed by atoms with van der Waals surface area (Å²) in [6, 6.07) is 13.2. The minimum atomic E-state index is -0.0838. The summed E-state index contributed by atoms with van der Waals surface area (Å²) < 4.78 is 0. The summed E-state index contributed by atoms with van der Waals surface area (Å²) in [6.07, 6.45) is 5.82. The number of imidazole rings is 2. The van der Waals surface area contributed by atoms with Crippen molar-refractivity contribution in [3.05, 3.63) is 71.6 Å². The number of nitrogens with zero attached hydrogens (tertiary/aromatic N) is 2. The first kappa shape index (κ1) is 22.6. The number of fused-ring (bicyclic) bond motifs is 3. The van der Waals surface area contributed by atoms with Crippen molar-refractivity contribution in [1.29, 1.82) is 0 Å². The molecule has 0 amide bonds. The van der Waals surface area contributed by atoms with Crippen molar-refractivity contribution in [2.45, 2.75) is 52.6 Å². The zero-order valence-corrected chi connectivity index (χ0v) is 20.4. The van der Waals surface area contributed by atoms with Crippen LogP contribution in [0.3, 0.4) is 0 Å². The van der Waals surface area contributed by atoms with E-state index in [9.17, 15) is 0 Å². The normalized spacial score (nSPS) is 14.8. The Morgan fingerprint density at radius 3 is 1.47 bits per heavy atom. The summed E-state index contributed by atoms with van der Waals surface area (Å²) in [7, 11) is 0. The summed E-state index contributed by atoms with van der Waals surface area (Å²) in [4.78, 5) is 15.9. The molecular formula is C28H34N6. The molecule has 4 aromatic rings. The number of aromatic amines is 2. The number of benzene rings is 2. The lowest BCUT2D eigenvalue weighted by atomic mass is 9.83. The van der Waals surface area contributed by atoms with Crippen molar-refractivity contribution >= 4 is 0 Å². The predicted octanol–water partition coefficient (Wildman–Crippen LogP) is 5.54. The van der Waals surface area contributed by atoms with Crippen LogP contribution in [-0.2, 0) is 12.8 Å². The molecule has 2 aromatic carbocycles. The Morgan fingerprint density at radius 1 is 0.676 bits per heavy atom. The lowest BCUT2D eigenvalue weighted by Crippen LogP contribution is -2.18. The number of hydrogen-bond acceptors (Lipinski definition) is 4. The van der Waals surface area contributed by atoms with E-state index in [2.05, 4.69) is 84.0 Å². The highest BCUT2D eigenvalue weighted by Gasteiger charge is 2.20. The van der Waals surface area contributed by atoms with Gasteiger partial charge in [0.2, 0.25) is 0 Å². The standard InChI is InChI=1S/C28H34N6/c1-15(2)25(29)27-31-13-23(33-27)19-7-9-21-17(11-19)5-6-18-12-20(8-10-22(18)21)24-14-32-28(34-24)26(30)16(3)4/h7-16,25-26H,5-6,29-30H2,1-4H3,(H,31,33)(H,32,34). The van der Waals surface area contributed by atoms with Gasteiger partial charge >= 0.3 is 0 Å². The SMILES string of the molecule is CC(C)C(N)c1ncc(-c2ccc3c(c2)CCc2cc(-c4cnc(C(N)C(C)C)[nH]4)ccc2-3)[nH]1. The van der Waals surface area contributed by atoms with Crippen LogP contribution in [0, 0.1) is 11.8 Å². The molecule has 0 saturated carbocycles. The maximum Gasteiger partial charge on any atom is 0.123 e. The van der Waals surface area contributed by atoms with Crippen molar-refractivity contribution in [3.63, 3.8) is 0 Å². The maximum absolute atomic E-state index is 6.27. The molecule has 0 radical (unpaired) electrons. The second-order valence-corrected chi connectivity index (χ2v) is 10.1. The van der Waals surface area contributed by atoms with Gasteiger partial charge in [-0.3, -0.25) is 0 Å². The highest BCUT2D eigenvalue weighted by Crippen LogP contribution is 2.37. The van der Waals surface area contributed by atoms with Crippen LogP contribution in [0.4, 0.5) is 0 Å². The molecule has 6 N–H and O–H groups in total. The van der Waals surface area contributed by atoms with E-state index in [1.165, 1.54) is 22.3 Å². The van der Waals surface area contributed by atoms with Gasteiger partial charge in [-0.25, -0.2) is 9.97 Å². The Balaban J connectivity index is 1.42. The van der Waals surface area contributed by atoms with Gasteiger partial charge < -0.3 is 21.4 Å². The second-order valence-electron chi connectivity index (χ2n) is 10.1. The fraction of sp³-hybridized carbons (Fsp3) is 0.357. The van der Waals surface area contributed by atoms with Gasteiger partial charge in [-0.2, -0.15) is 0 Å². The molecule has 2 heterocycles. The monoisotopic (exact) mass is 454 g/mol. The van der Waals surface area contributed by atoms with Crippen molar-refractivity contribution in [2.24, 2.45) is 23.3 Å². The summed E-state index contributed by atoms with van der Waals surface area (Å²) in [6.45, 7) is 8.45. The summed E-state index contributed by atoms with van der Waals surface area (Å²) in [5.41, 5.74) is 22.2. The van der Waals surface area contributed by atoms with E-state index < -0.39 is 0 Å². The zero-order chi connectivity index (χ0) is 24.0. The van der Waals surface area contributed by atoms with E-state index in [1.54, 1.807) is 0 Å². The van der Waals surface area contributed by atoms with E-state index in [0.717, 1.165) is 47.0 Å². The Labute approximate surface area is 201 Å². The molecule has 5 rings (SSSR count). The number of aryl methyl sites for hydroxylation is 2. The first-order valence-corrected chi connectivity index (χ1v) is 12.2. The molecule has 6 heteroatoms. The summed E-state index contributed by atoms with van der Waals surface area (Å²) in [5.74, 6) is 2.36. The first-order chi connectivity index (χ1) is 16.3. The molecule has 0 saturated heterocycles. The van der Waals surface area contributed by atoms with E-state index in [-0.39, 0.29) is 12.1 Å². The molecule has 0 spiro atoms. The number of rotatable bonds is 6. The van der Waals surface area contributed by atoms with Gasteiger partial charge in [-0.05, 0) is 70.2 Å². The molecule has 0 aliphatic heterocycles. The van der Waals surface area contributed by atoms with Crippen LogP contribution in [0.2, 0.25) is 0 Å². The maximum atomic E-state index is 6.27. The third-order valence-corrected chi connectivity index (χ3v) is 7.05. The highest BCUT2D eigenvalue weighted by atomic mass is 15.0. The minimum absolute atomic E-state index is 0.0838. The van der Waals surface area contributed by atoms with Gasteiger partial charge in [-0.15, -0.1) is 0 Å². The third-order valence-electron chi connectivity index (χ3n) is 7.05. The van der Waals surface area contributed by atoms with Crippen LogP contribution in [0.25, 0.3) is 33.6 Å². The van der Waals surface area contributed by atoms with Crippen LogP contribution < -0.4 is 11.5 Å². The fourth-order valence-electron chi connectivity index (χ4n) is 4.67. The molecule has 6 nitrogen and oxygen atoms in total. The largest absolute Gasteiger partial charge is 0.341 e. The molecule has 0 bridgehead atoms. The predicted molar refractivity (Wildman–Crippen MR) is 138 cm³/mol. The number of nitrogens with one attached hydrogen (secondary N) is 2.